The number of rotatable bonds is 3. The highest BCUT2D eigenvalue weighted by atomic mass is 16.5. The molecule has 2 aliphatic rings. The normalized spacial score (nSPS) is 24.8. The zero-order valence-corrected chi connectivity index (χ0v) is 11.2. The monoisotopic (exact) mass is 260 g/mol. The number of ether oxygens (including phenoxy) is 1. The van der Waals surface area contributed by atoms with Crippen LogP contribution >= 0.6 is 0 Å². The van der Waals surface area contributed by atoms with Gasteiger partial charge in [-0.3, -0.25) is 4.79 Å². The minimum absolute atomic E-state index is 0.0893. The number of para-hydroxylation sites is 1. The molecule has 1 aliphatic heterocycles. The SMILES string of the molecule is CCCOc1cccc2c1NC(=O)C1CCCC1N2. The molecule has 2 N–H and O–H groups in total. The predicted octanol–water partition coefficient (Wildman–Crippen LogP) is 3.01. The van der Waals surface area contributed by atoms with Crippen molar-refractivity contribution in [1.29, 1.82) is 0 Å². The Morgan fingerprint density at radius 3 is 3.11 bits per heavy atom. The summed E-state index contributed by atoms with van der Waals surface area (Å²) in [5.41, 5.74) is 1.78. The lowest BCUT2D eigenvalue weighted by atomic mass is 10.0. The average Bonchev–Trinajstić information content (AvgIpc) is 2.82. The first-order valence-electron chi connectivity index (χ1n) is 7.13. The molecule has 0 bridgehead atoms. The van der Waals surface area contributed by atoms with Gasteiger partial charge in [-0.25, -0.2) is 0 Å². The minimum Gasteiger partial charge on any atom is -0.491 e. The summed E-state index contributed by atoms with van der Waals surface area (Å²) >= 11 is 0. The van der Waals surface area contributed by atoms with Crippen LogP contribution in [-0.2, 0) is 4.79 Å². The number of benzene rings is 1. The zero-order valence-electron chi connectivity index (χ0n) is 11.2. The average molecular weight is 260 g/mol. The van der Waals surface area contributed by atoms with Gasteiger partial charge in [0.2, 0.25) is 5.91 Å². The van der Waals surface area contributed by atoms with E-state index in [9.17, 15) is 4.79 Å². The molecule has 1 aromatic carbocycles. The Kier molecular flexibility index (Phi) is 3.32. The number of amides is 1. The minimum atomic E-state index is 0.0893. The van der Waals surface area contributed by atoms with Crippen molar-refractivity contribution in [2.45, 2.75) is 38.6 Å². The molecular formula is C15H20N2O2. The second-order valence-electron chi connectivity index (χ2n) is 5.30. The van der Waals surface area contributed by atoms with Gasteiger partial charge in [-0.05, 0) is 31.4 Å². The third-order valence-electron chi connectivity index (χ3n) is 3.93. The molecule has 1 saturated carbocycles. The van der Waals surface area contributed by atoms with Crippen LogP contribution in [0.15, 0.2) is 18.2 Å². The Morgan fingerprint density at radius 1 is 1.37 bits per heavy atom. The highest BCUT2D eigenvalue weighted by Crippen LogP contribution is 2.40. The van der Waals surface area contributed by atoms with Gasteiger partial charge in [-0.1, -0.05) is 19.4 Å². The van der Waals surface area contributed by atoms with Crippen LogP contribution < -0.4 is 15.4 Å². The number of carbonyl (C=O) groups excluding carboxylic acids is 1. The van der Waals surface area contributed by atoms with Crippen molar-refractivity contribution >= 4 is 17.3 Å². The number of hydrogen-bond donors (Lipinski definition) is 2. The summed E-state index contributed by atoms with van der Waals surface area (Å²) in [6.07, 6.45) is 4.12. The highest BCUT2D eigenvalue weighted by molar-refractivity contribution is 6.00. The molecule has 102 valence electrons. The summed E-state index contributed by atoms with van der Waals surface area (Å²) in [7, 11) is 0. The van der Waals surface area contributed by atoms with E-state index in [2.05, 4.69) is 17.6 Å². The van der Waals surface area contributed by atoms with Gasteiger partial charge in [0.1, 0.15) is 11.4 Å². The van der Waals surface area contributed by atoms with E-state index in [1.807, 2.05) is 18.2 Å². The molecular weight excluding hydrogens is 240 g/mol. The van der Waals surface area contributed by atoms with Crippen LogP contribution in [0, 0.1) is 5.92 Å². The van der Waals surface area contributed by atoms with E-state index in [0.29, 0.717) is 6.61 Å². The first kappa shape index (κ1) is 12.3. The smallest absolute Gasteiger partial charge is 0.229 e. The van der Waals surface area contributed by atoms with E-state index < -0.39 is 0 Å². The first-order chi connectivity index (χ1) is 9.29. The Bertz CT molecular complexity index is 487. The maximum Gasteiger partial charge on any atom is 0.229 e. The van der Waals surface area contributed by atoms with Crippen molar-refractivity contribution in [3.05, 3.63) is 18.2 Å². The summed E-state index contributed by atoms with van der Waals surface area (Å²) in [6, 6.07) is 6.16. The number of anilines is 2. The molecule has 1 heterocycles. The third kappa shape index (κ3) is 2.27. The van der Waals surface area contributed by atoms with Gasteiger partial charge >= 0.3 is 0 Å². The van der Waals surface area contributed by atoms with Crippen molar-refractivity contribution in [3.63, 3.8) is 0 Å². The number of hydrogen-bond acceptors (Lipinski definition) is 3. The van der Waals surface area contributed by atoms with Crippen LogP contribution in [0.25, 0.3) is 0 Å². The molecule has 3 rings (SSSR count). The topological polar surface area (TPSA) is 50.4 Å². The van der Waals surface area contributed by atoms with Crippen molar-refractivity contribution in [3.8, 4) is 5.75 Å². The highest BCUT2D eigenvalue weighted by Gasteiger charge is 2.36. The largest absolute Gasteiger partial charge is 0.491 e. The van der Waals surface area contributed by atoms with Gasteiger partial charge in [0.05, 0.1) is 18.2 Å². The quantitative estimate of drug-likeness (QED) is 0.878. The Hall–Kier alpha value is -1.71. The van der Waals surface area contributed by atoms with Crippen molar-refractivity contribution in [1.82, 2.24) is 0 Å². The van der Waals surface area contributed by atoms with Gasteiger partial charge in [-0.15, -0.1) is 0 Å². The predicted molar refractivity (Wildman–Crippen MR) is 75.6 cm³/mol. The van der Waals surface area contributed by atoms with Crippen LogP contribution in [0.2, 0.25) is 0 Å². The van der Waals surface area contributed by atoms with E-state index in [1.165, 1.54) is 0 Å². The van der Waals surface area contributed by atoms with Crippen molar-refractivity contribution < 1.29 is 9.53 Å². The van der Waals surface area contributed by atoms with Gasteiger partial charge in [0.15, 0.2) is 0 Å². The fourth-order valence-corrected chi connectivity index (χ4v) is 2.97. The van der Waals surface area contributed by atoms with Crippen LogP contribution in [-0.4, -0.2) is 18.6 Å². The molecule has 1 amide bonds. The van der Waals surface area contributed by atoms with Crippen molar-refractivity contribution in [2.24, 2.45) is 5.92 Å². The van der Waals surface area contributed by atoms with Gasteiger partial charge < -0.3 is 15.4 Å². The van der Waals surface area contributed by atoms with Crippen LogP contribution in [0.3, 0.4) is 0 Å². The third-order valence-corrected chi connectivity index (χ3v) is 3.93. The summed E-state index contributed by atoms with van der Waals surface area (Å²) in [5.74, 6) is 0.980. The zero-order chi connectivity index (χ0) is 13.2. The molecule has 2 unspecified atom stereocenters. The molecule has 4 nitrogen and oxygen atoms in total. The van der Waals surface area contributed by atoms with E-state index >= 15 is 0 Å². The summed E-state index contributed by atoms with van der Waals surface area (Å²) in [6.45, 7) is 2.74. The number of carbonyl (C=O) groups is 1. The lowest BCUT2D eigenvalue weighted by molar-refractivity contribution is -0.119. The Balaban J connectivity index is 1.93. The fourth-order valence-electron chi connectivity index (χ4n) is 2.97. The molecule has 2 atom stereocenters. The van der Waals surface area contributed by atoms with E-state index in [1.54, 1.807) is 0 Å². The van der Waals surface area contributed by atoms with Gasteiger partial charge in [-0.2, -0.15) is 0 Å². The molecule has 0 radical (unpaired) electrons. The molecule has 0 spiro atoms. The van der Waals surface area contributed by atoms with Crippen LogP contribution in [0.1, 0.15) is 32.6 Å². The summed E-state index contributed by atoms with van der Waals surface area (Å²) in [5, 5.41) is 6.55. The maximum absolute atomic E-state index is 12.3. The molecule has 19 heavy (non-hydrogen) atoms. The fraction of sp³-hybridized carbons (Fsp3) is 0.533. The number of nitrogens with one attached hydrogen (secondary N) is 2. The van der Waals surface area contributed by atoms with E-state index in [0.717, 1.165) is 42.8 Å². The van der Waals surface area contributed by atoms with Gasteiger partial charge in [0, 0.05) is 6.04 Å². The Morgan fingerprint density at radius 2 is 2.26 bits per heavy atom. The molecule has 0 aromatic heterocycles. The van der Waals surface area contributed by atoms with E-state index in [4.69, 9.17) is 4.74 Å². The summed E-state index contributed by atoms with van der Waals surface area (Å²) in [4.78, 5) is 12.3. The van der Waals surface area contributed by atoms with Crippen LogP contribution in [0.4, 0.5) is 11.4 Å². The second kappa shape index (κ2) is 5.11. The Labute approximate surface area is 113 Å². The van der Waals surface area contributed by atoms with Crippen molar-refractivity contribution in [2.75, 3.05) is 17.2 Å². The first-order valence-corrected chi connectivity index (χ1v) is 7.13. The molecule has 4 heteroatoms. The van der Waals surface area contributed by atoms with Crippen LogP contribution in [0.5, 0.6) is 5.75 Å². The standard InChI is InChI=1S/C15H20N2O2/c1-2-9-19-13-8-4-7-12-14(13)17-15(18)10-5-3-6-11(10)16-12/h4,7-8,10-11,16H,2-3,5-6,9H2,1H3,(H,17,18). The lowest BCUT2D eigenvalue weighted by Crippen LogP contribution is -2.30. The van der Waals surface area contributed by atoms with Gasteiger partial charge in [0.25, 0.3) is 0 Å². The molecule has 1 aliphatic carbocycles. The second-order valence-corrected chi connectivity index (χ2v) is 5.30. The molecule has 0 saturated heterocycles. The maximum atomic E-state index is 12.3. The van der Waals surface area contributed by atoms with E-state index in [-0.39, 0.29) is 17.9 Å². The lowest BCUT2D eigenvalue weighted by Gasteiger charge is -2.17. The molecule has 1 fully saturated rings. The molecule has 1 aromatic rings. The number of fused-ring (bicyclic) bond motifs is 2. The summed E-state index contributed by atoms with van der Waals surface area (Å²) < 4.78 is 5.72.